The number of hydrogen-bond donors (Lipinski definition) is 1. The first kappa shape index (κ1) is 15.9. The molecule has 1 aliphatic rings. The van der Waals surface area contributed by atoms with E-state index in [1.807, 2.05) is 0 Å². The molecular formula is C9H9F3N6O3S. The van der Waals surface area contributed by atoms with Gasteiger partial charge in [-0.1, -0.05) is 0 Å². The van der Waals surface area contributed by atoms with E-state index in [4.69, 9.17) is 0 Å². The van der Waals surface area contributed by atoms with Crippen LogP contribution in [0.1, 0.15) is 0 Å². The van der Waals surface area contributed by atoms with Gasteiger partial charge in [0.1, 0.15) is 6.20 Å². The molecule has 0 aliphatic carbocycles. The minimum Gasteiger partial charge on any atom is -0.285 e. The molecule has 1 aromatic rings. The molecule has 2 rings (SSSR count). The first-order valence-electron chi connectivity index (χ1n) is 5.74. The lowest BCUT2D eigenvalue weighted by Crippen LogP contribution is -2.52. The molecule has 2 heterocycles. The minimum atomic E-state index is -5.02. The van der Waals surface area contributed by atoms with Crippen molar-refractivity contribution in [1.82, 2.24) is 15.4 Å². The van der Waals surface area contributed by atoms with Crippen LogP contribution in [-0.4, -0.2) is 53.1 Å². The number of alkyl halides is 3. The molecule has 0 fully saturated rings. The number of amides is 1. The predicted molar refractivity (Wildman–Crippen MR) is 70.4 cm³/mol. The zero-order chi connectivity index (χ0) is 16.5. The fraction of sp³-hybridized carbons (Fsp3) is 0.444. The van der Waals surface area contributed by atoms with Gasteiger partial charge in [-0.25, -0.2) is 15.0 Å². The van der Waals surface area contributed by atoms with Crippen LogP contribution < -0.4 is 10.3 Å². The zero-order valence-electron chi connectivity index (χ0n) is 11.0. The van der Waals surface area contributed by atoms with E-state index in [1.54, 1.807) is 0 Å². The highest BCUT2D eigenvalue weighted by Crippen LogP contribution is 2.29. The van der Waals surface area contributed by atoms with Gasteiger partial charge in [0.15, 0.2) is 5.13 Å². The molecule has 1 aromatic heterocycles. The number of thiazole rings is 1. The number of halogens is 3. The highest BCUT2D eigenvalue weighted by atomic mass is 32.1. The summed E-state index contributed by atoms with van der Waals surface area (Å²) in [6.07, 6.45) is -3.98. The van der Waals surface area contributed by atoms with Gasteiger partial charge in [0, 0.05) is 13.6 Å². The molecule has 0 radical (unpaired) electrons. The van der Waals surface area contributed by atoms with E-state index in [9.17, 15) is 28.1 Å². The van der Waals surface area contributed by atoms with Gasteiger partial charge >= 0.3 is 17.1 Å². The van der Waals surface area contributed by atoms with Gasteiger partial charge in [-0.3, -0.25) is 25.2 Å². The molecule has 0 saturated heterocycles. The lowest BCUT2D eigenvalue weighted by molar-refractivity contribution is -0.380. The lowest BCUT2D eigenvalue weighted by Gasteiger charge is -2.24. The Kier molecular flexibility index (Phi) is 4.16. The highest BCUT2D eigenvalue weighted by Gasteiger charge is 2.42. The molecule has 13 heteroatoms. The SMILES string of the molecule is CN(NC1=NCCN1c1ncc([N+](=O)[O-])s1)C(=O)C(F)(F)F. The van der Waals surface area contributed by atoms with Crippen LogP contribution in [0.3, 0.4) is 0 Å². The fourth-order valence-corrected chi connectivity index (χ4v) is 2.35. The van der Waals surface area contributed by atoms with Gasteiger partial charge in [0.25, 0.3) is 0 Å². The second kappa shape index (κ2) is 5.75. The van der Waals surface area contributed by atoms with Gasteiger partial charge in [-0.05, 0) is 11.3 Å². The Morgan fingerprint density at radius 2 is 2.27 bits per heavy atom. The standard InChI is InChI=1S/C9H9F3N6O3S/c1-16(6(19)9(10,11)12)15-7-13-2-3-17(7)8-14-4-5(22-8)18(20)21/h4H,2-3H2,1H3,(H,13,15). The van der Waals surface area contributed by atoms with Crippen LogP contribution in [-0.2, 0) is 4.79 Å². The van der Waals surface area contributed by atoms with Crippen molar-refractivity contribution in [3.8, 4) is 0 Å². The summed E-state index contributed by atoms with van der Waals surface area (Å²) in [5.74, 6) is -2.13. The number of aromatic nitrogens is 1. The summed E-state index contributed by atoms with van der Waals surface area (Å²) >= 11 is 0.752. The van der Waals surface area contributed by atoms with Crippen LogP contribution in [0.25, 0.3) is 0 Å². The number of anilines is 1. The Hall–Kier alpha value is -2.44. The lowest BCUT2D eigenvalue weighted by atomic mass is 10.6. The van der Waals surface area contributed by atoms with E-state index in [0.29, 0.717) is 0 Å². The number of carbonyl (C=O) groups is 1. The van der Waals surface area contributed by atoms with E-state index < -0.39 is 17.0 Å². The van der Waals surface area contributed by atoms with Crippen molar-refractivity contribution >= 4 is 33.3 Å². The topological polar surface area (TPSA) is 104 Å². The van der Waals surface area contributed by atoms with Crippen molar-refractivity contribution in [3.63, 3.8) is 0 Å². The molecule has 9 nitrogen and oxygen atoms in total. The van der Waals surface area contributed by atoms with Gasteiger partial charge in [0.2, 0.25) is 5.96 Å². The summed E-state index contributed by atoms with van der Waals surface area (Å²) in [5, 5.41) is 10.9. The van der Waals surface area contributed by atoms with E-state index in [0.717, 1.165) is 24.6 Å². The molecule has 1 amide bonds. The van der Waals surface area contributed by atoms with Crippen LogP contribution in [0.4, 0.5) is 23.3 Å². The summed E-state index contributed by atoms with van der Waals surface area (Å²) < 4.78 is 36.9. The summed E-state index contributed by atoms with van der Waals surface area (Å²) in [7, 11) is 0.902. The maximum Gasteiger partial charge on any atom is 0.473 e. The van der Waals surface area contributed by atoms with Crippen LogP contribution in [0.15, 0.2) is 11.2 Å². The van der Waals surface area contributed by atoms with Crippen molar-refractivity contribution in [2.75, 3.05) is 25.0 Å². The van der Waals surface area contributed by atoms with Crippen LogP contribution >= 0.6 is 11.3 Å². The minimum absolute atomic E-state index is 0.0376. The Labute approximate surface area is 125 Å². The average Bonchev–Trinajstić information content (AvgIpc) is 3.04. The number of hydrogen-bond acceptors (Lipinski definition) is 8. The normalized spacial score (nSPS) is 14.7. The van der Waals surface area contributed by atoms with E-state index in [-0.39, 0.29) is 34.2 Å². The Balaban J connectivity index is 2.10. The molecule has 0 unspecified atom stereocenters. The monoisotopic (exact) mass is 338 g/mol. The number of guanidine groups is 1. The molecule has 0 bridgehead atoms. The summed E-state index contributed by atoms with van der Waals surface area (Å²) in [5.41, 5.74) is 2.21. The number of aliphatic imine (C=N–C) groups is 1. The van der Waals surface area contributed by atoms with Crippen molar-refractivity contribution in [2.45, 2.75) is 6.18 Å². The quantitative estimate of drug-likeness (QED) is 0.630. The van der Waals surface area contributed by atoms with E-state index in [1.165, 1.54) is 4.90 Å². The summed E-state index contributed by atoms with van der Waals surface area (Å²) in [6, 6.07) is 0. The Morgan fingerprint density at radius 1 is 1.59 bits per heavy atom. The van der Waals surface area contributed by atoms with Crippen molar-refractivity contribution in [3.05, 3.63) is 16.3 Å². The fourth-order valence-electron chi connectivity index (χ4n) is 1.59. The average molecular weight is 338 g/mol. The van der Waals surface area contributed by atoms with E-state index >= 15 is 0 Å². The first-order chi connectivity index (χ1) is 10.2. The maximum atomic E-state index is 12.3. The van der Waals surface area contributed by atoms with Gasteiger partial charge < -0.3 is 0 Å². The number of nitro groups is 1. The smallest absolute Gasteiger partial charge is 0.285 e. The second-order valence-corrected chi connectivity index (χ2v) is 5.06. The molecule has 0 spiro atoms. The number of nitrogens with zero attached hydrogens (tertiary/aromatic N) is 5. The summed E-state index contributed by atoms with van der Waals surface area (Å²) in [6.45, 7) is 0.533. The highest BCUT2D eigenvalue weighted by molar-refractivity contribution is 7.18. The van der Waals surface area contributed by atoms with Crippen LogP contribution in [0.2, 0.25) is 0 Å². The molecule has 22 heavy (non-hydrogen) atoms. The Morgan fingerprint density at radius 3 is 2.82 bits per heavy atom. The number of rotatable bonds is 2. The molecule has 1 N–H and O–H groups in total. The molecule has 0 saturated carbocycles. The molecular weight excluding hydrogens is 329 g/mol. The number of nitrogens with one attached hydrogen (secondary N) is 1. The molecule has 0 aromatic carbocycles. The molecule has 120 valence electrons. The third kappa shape index (κ3) is 3.24. The largest absolute Gasteiger partial charge is 0.473 e. The second-order valence-electron chi connectivity index (χ2n) is 4.07. The maximum absolute atomic E-state index is 12.3. The number of hydrazine groups is 1. The predicted octanol–water partition coefficient (Wildman–Crippen LogP) is 0.753. The first-order valence-corrected chi connectivity index (χ1v) is 6.55. The van der Waals surface area contributed by atoms with E-state index in [2.05, 4.69) is 15.4 Å². The van der Waals surface area contributed by atoms with Crippen LogP contribution in [0.5, 0.6) is 0 Å². The van der Waals surface area contributed by atoms with Crippen molar-refractivity contribution in [1.29, 1.82) is 0 Å². The van der Waals surface area contributed by atoms with Crippen molar-refractivity contribution in [2.24, 2.45) is 4.99 Å². The molecule has 0 atom stereocenters. The number of carbonyl (C=O) groups excluding carboxylic acids is 1. The van der Waals surface area contributed by atoms with Gasteiger partial charge in [-0.2, -0.15) is 13.2 Å². The summed E-state index contributed by atoms with van der Waals surface area (Å²) in [4.78, 5) is 30.2. The van der Waals surface area contributed by atoms with Gasteiger partial charge in [-0.15, -0.1) is 0 Å². The third-order valence-electron chi connectivity index (χ3n) is 2.55. The zero-order valence-corrected chi connectivity index (χ0v) is 11.8. The third-order valence-corrected chi connectivity index (χ3v) is 3.52. The molecule has 1 aliphatic heterocycles. The van der Waals surface area contributed by atoms with Crippen LogP contribution in [0, 0.1) is 10.1 Å². The van der Waals surface area contributed by atoms with Gasteiger partial charge in [0.05, 0.1) is 11.5 Å². The van der Waals surface area contributed by atoms with Crippen molar-refractivity contribution < 1.29 is 22.9 Å². The Bertz CT molecular complexity index is 630.